The number of halogens is 2. The maximum absolute atomic E-state index is 6.12. The van der Waals surface area contributed by atoms with Gasteiger partial charge in [-0.15, -0.1) is 24.0 Å². The van der Waals surface area contributed by atoms with Crippen molar-refractivity contribution in [2.45, 2.75) is 13.1 Å². The van der Waals surface area contributed by atoms with Gasteiger partial charge in [-0.3, -0.25) is 4.99 Å². The molecule has 21 heavy (non-hydrogen) atoms. The molecule has 2 aromatic rings. The Morgan fingerprint density at radius 2 is 1.57 bits per heavy atom. The van der Waals surface area contributed by atoms with E-state index in [-0.39, 0.29) is 24.0 Å². The molecule has 3 nitrogen and oxygen atoms in total. The summed E-state index contributed by atoms with van der Waals surface area (Å²) in [5.74, 6) is 0.758. The summed E-state index contributed by atoms with van der Waals surface area (Å²) in [5, 5.41) is 7.28. The highest BCUT2D eigenvalue weighted by Gasteiger charge is 2.01. The molecule has 0 atom stereocenters. The largest absolute Gasteiger partial charge is 0.352 e. The van der Waals surface area contributed by atoms with Gasteiger partial charge in [-0.2, -0.15) is 0 Å². The SMILES string of the molecule is CN=C(NCc1ccccc1)NCc1ccccc1Cl.I. The molecular weight excluding hydrogens is 397 g/mol. The van der Waals surface area contributed by atoms with Gasteiger partial charge in [-0.25, -0.2) is 0 Å². The number of benzene rings is 2. The zero-order valence-corrected chi connectivity index (χ0v) is 14.9. The van der Waals surface area contributed by atoms with E-state index in [1.165, 1.54) is 5.56 Å². The quantitative estimate of drug-likeness (QED) is 0.452. The van der Waals surface area contributed by atoms with Gasteiger partial charge in [0.2, 0.25) is 0 Å². The van der Waals surface area contributed by atoms with Crippen LogP contribution in [0, 0.1) is 0 Å². The van der Waals surface area contributed by atoms with Crippen LogP contribution in [-0.2, 0) is 13.1 Å². The number of guanidine groups is 1. The molecule has 0 bridgehead atoms. The van der Waals surface area contributed by atoms with Crippen LogP contribution in [0.4, 0.5) is 0 Å². The van der Waals surface area contributed by atoms with Gasteiger partial charge >= 0.3 is 0 Å². The van der Waals surface area contributed by atoms with Crippen molar-refractivity contribution in [1.82, 2.24) is 10.6 Å². The molecule has 0 amide bonds. The molecule has 0 unspecified atom stereocenters. The zero-order chi connectivity index (χ0) is 14.2. The third-order valence-electron chi connectivity index (χ3n) is 2.93. The first-order chi connectivity index (χ1) is 9.79. The number of rotatable bonds is 4. The summed E-state index contributed by atoms with van der Waals surface area (Å²) >= 11 is 6.12. The minimum Gasteiger partial charge on any atom is -0.352 e. The number of nitrogens with one attached hydrogen (secondary N) is 2. The Labute approximate surface area is 147 Å². The molecule has 0 aliphatic carbocycles. The minimum atomic E-state index is 0. The van der Waals surface area contributed by atoms with Gasteiger partial charge in [0, 0.05) is 25.2 Å². The summed E-state index contributed by atoms with van der Waals surface area (Å²) in [6.07, 6.45) is 0. The first-order valence-corrected chi connectivity index (χ1v) is 6.89. The first kappa shape index (κ1) is 17.8. The molecule has 0 fully saturated rings. The van der Waals surface area contributed by atoms with Gasteiger partial charge in [0.15, 0.2) is 5.96 Å². The van der Waals surface area contributed by atoms with Crippen molar-refractivity contribution in [3.63, 3.8) is 0 Å². The fourth-order valence-electron chi connectivity index (χ4n) is 1.82. The number of hydrogen-bond acceptors (Lipinski definition) is 1. The van der Waals surface area contributed by atoms with Gasteiger partial charge in [0.1, 0.15) is 0 Å². The molecule has 5 heteroatoms. The van der Waals surface area contributed by atoms with Crippen molar-refractivity contribution in [3.05, 3.63) is 70.7 Å². The van der Waals surface area contributed by atoms with Gasteiger partial charge < -0.3 is 10.6 Å². The van der Waals surface area contributed by atoms with Gasteiger partial charge in [0.25, 0.3) is 0 Å². The van der Waals surface area contributed by atoms with E-state index in [1.807, 2.05) is 42.5 Å². The van der Waals surface area contributed by atoms with Crippen LogP contribution >= 0.6 is 35.6 Å². The molecule has 0 aliphatic rings. The van der Waals surface area contributed by atoms with Crippen LogP contribution in [0.15, 0.2) is 59.6 Å². The van der Waals surface area contributed by atoms with Crippen LogP contribution in [0.1, 0.15) is 11.1 Å². The van der Waals surface area contributed by atoms with Crippen molar-refractivity contribution in [2.75, 3.05) is 7.05 Å². The predicted octanol–water partition coefficient (Wildman–Crippen LogP) is 3.82. The molecule has 0 aromatic heterocycles. The Kier molecular flexibility index (Phi) is 8.15. The fourth-order valence-corrected chi connectivity index (χ4v) is 2.03. The molecule has 0 radical (unpaired) electrons. The third kappa shape index (κ3) is 5.93. The summed E-state index contributed by atoms with van der Waals surface area (Å²) in [4.78, 5) is 4.20. The summed E-state index contributed by atoms with van der Waals surface area (Å²) < 4.78 is 0. The standard InChI is InChI=1S/C16H18ClN3.HI/c1-18-16(19-11-13-7-3-2-4-8-13)20-12-14-9-5-6-10-15(14)17;/h2-10H,11-12H2,1H3,(H2,18,19,20);1H. The normalized spacial score (nSPS) is 10.7. The van der Waals surface area contributed by atoms with E-state index in [2.05, 4.69) is 27.8 Å². The van der Waals surface area contributed by atoms with Crippen LogP contribution in [0.3, 0.4) is 0 Å². The lowest BCUT2D eigenvalue weighted by molar-refractivity contribution is 0.809. The summed E-state index contributed by atoms with van der Waals surface area (Å²) in [5.41, 5.74) is 2.27. The molecule has 0 saturated carbocycles. The van der Waals surface area contributed by atoms with Crippen molar-refractivity contribution in [1.29, 1.82) is 0 Å². The summed E-state index contributed by atoms with van der Waals surface area (Å²) in [7, 11) is 1.76. The Hall–Kier alpha value is -1.27. The minimum absolute atomic E-state index is 0. The Balaban J connectivity index is 0.00000220. The van der Waals surface area contributed by atoms with Gasteiger partial charge in [0.05, 0.1) is 0 Å². The van der Waals surface area contributed by atoms with E-state index in [0.29, 0.717) is 6.54 Å². The lowest BCUT2D eigenvalue weighted by Gasteiger charge is -2.12. The van der Waals surface area contributed by atoms with Crippen molar-refractivity contribution in [2.24, 2.45) is 4.99 Å². The van der Waals surface area contributed by atoms with Gasteiger partial charge in [-0.1, -0.05) is 60.1 Å². The van der Waals surface area contributed by atoms with E-state index < -0.39 is 0 Å². The Morgan fingerprint density at radius 3 is 2.24 bits per heavy atom. The highest BCUT2D eigenvalue weighted by atomic mass is 127. The monoisotopic (exact) mass is 415 g/mol. The molecule has 112 valence electrons. The third-order valence-corrected chi connectivity index (χ3v) is 3.30. The molecule has 0 heterocycles. The lowest BCUT2D eigenvalue weighted by Crippen LogP contribution is -2.36. The van der Waals surface area contributed by atoms with Crippen molar-refractivity contribution < 1.29 is 0 Å². The fraction of sp³-hybridized carbons (Fsp3) is 0.188. The Morgan fingerprint density at radius 1 is 0.952 bits per heavy atom. The van der Waals surface area contributed by atoms with E-state index >= 15 is 0 Å². The number of nitrogens with zero attached hydrogens (tertiary/aromatic N) is 1. The molecule has 2 N–H and O–H groups in total. The molecule has 2 aromatic carbocycles. The van der Waals surface area contributed by atoms with Crippen LogP contribution in [0.25, 0.3) is 0 Å². The molecule has 0 aliphatic heterocycles. The van der Waals surface area contributed by atoms with E-state index in [1.54, 1.807) is 7.05 Å². The van der Waals surface area contributed by atoms with Crippen LogP contribution < -0.4 is 10.6 Å². The average Bonchev–Trinajstić information content (AvgIpc) is 2.50. The summed E-state index contributed by atoms with van der Waals surface area (Å²) in [6.45, 7) is 1.39. The first-order valence-electron chi connectivity index (χ1n) is 6.51. The highest BCUT2D eigenvalue weighted by Crippen LogP contribution is 2.14. The van der Waals surface area contributed by atoms with Gasteiger partial charge in [-0.05, 0) is 17.2 Å². The van der Waals surface area contributed by atoms with Crippen LogP contribution in [0.5, 0.6) is 0 Å². The second kappa shape index (κ2) is 9.63. The highest BCUT2D eigenvalue weighted by molar-refractivity contribution is 14.0. The topological polar surface area (TPSA) is 36.4 Å². The number of aliphatic imine (C=N–C) groups is 1. The number of hydrogen-bond donors (Lipinski definition) is 2. The van der Waals surface area contributed by atoms with Crippen LogP contribution in [0.2, 0.25) is 5.02 Å². The maximum Gasteiger partial charge on any atom is 0.191 e. The van der Waals surface area contributed by atoms with E-state index in [0.717, 1.165) is 23.1 Å². The molecule has 0 spiro atoms. The maximum atomic E-state index is 6.12. The average molecular weight is 416 g/mol. The molecular formula is C16H19ClIN3. The second-order valence-corrected chi connectivity index (χ2v) is 4.76. The lowest BCUT2D eigenvalue weighted by atomic mass is 10.2. The zero-order valence-electron chi connectivity index (χ0n) is 11.8. The van der Waals surface area contributed by atoms with Crippen LogP contribution in [-0.4, -0.2) is 13.0 Å². The summed E-state index contributed by atoms with van der Waals surface area (Å²) in [6, 6.07) is 18.0. The van der Waals surface area contributed by atoms with E-state index in [4.69, 9.17) is 11.6 Å². The van der Waals surface area contributed by atoms with E-state index in [9.17, 15) is 0 Å². The smallest absolute Gasteiger partial charge is 0.191 e. The second-order valence-electron chi connectivity index (χ2n) is 4.36. The Bertz CT molecular complexity index is 573. The molecule has 0 saturated heterocycles. The van der Waals surface area contributed by atoms with Crippen molar-refractivity contribution >= 4 is 41.5 Å². The molecule has 2 rings (SSSR count). The predicted molar refractivity (Wildman–Crippen MR) is 100 cm³/mol. The van der Waals surface area contributed by atoms with Crippen molar-refractivity contribution in [3.8, 4) is 0 Å².